The maximum Gasteiger partial charge on any atom is 0.240 e. The number of furan rings is 1. The molecular formula is C32H27FN4O4S. The van der Waals surface area contributed by atoms with Crippen LogP contribution in [0.25, 0.3) is 16.9 Å². The lowest BCUT2D eigenvalue weighted by atomic mass is 9.99. The number of carbonyl (C=O) groups excluding carboxylic acids is 2. The smallest absolute Gasteiger partial charge is 0.240 e. The minimum atomic E-state index is -0.566. The van der Waals surface area contributed by atoms with Gasteiger partial charge in [0.25, 0.3) is 0 Å². The molecule has 0 aliphatic carbocycles. The topological polar surface area (TPSA) is 89.6 Å². The normalized spacial score (nSPS) is 14.8. The van der Waals surface area contributed by atoms with Gasteiger partial charge in [-0.25, -0.2) is 9.07 Å². The van der Waals surface area contributed by atoms with Gasteiger partial charge in [0.05, 0.1) is 42.3 Å². The molecule has 42 heavy (non-hydrogen) atoms. The number of nitrogens with one attached hydrogen (secondary N) is 1. The number of halogens is 1. The molecule has 0 saturated carbocycles. The van der Waals surface area contributed by atoms with Gasteiger partial charge in [0, 0.05) is 16.7 Å². The molecule has 0 unspecified atom stereocenters. The average Bonchev–Trinajstić information content (AvgIpc) is 3.66. The number of rotatable bonds is 8. The Morgan fingerprint density at radius 1 is 1.05 bits per heavy atom. The van der Waals surface area contributed by atoms with Crippen LogP contribution < -0.4 is 15.0 Å². The number of aromatic nitrogens is 2. The Morgan fingerprint density at radius 3 is 2.52 bits per heavy atom. The SMILES string of the molecule is COc1ccc(-n2nc(-c3ccccc3)c3c2N(CC(=O)NCc2ccco2)C(=O)CS[C@H]3c2ccccc2F)cc1. The summed E-state index contributed by atoms with van der Waals surface area (Å²) in [5, 5.41) is 7.28. The van der Waals surface area contributed by atoms with Gasteiger partial charge >= 0.3 is 0 Å². The first-order chi connectivity index (χ1) is 20.5. The molecule has 0 radical (unpaired) electrons. The van der Waals surface area contributed by atoms with Crippen LogP contribution >= 0.6 is 11.8 Å². The van der Waals surface area contributed by atoms with E-state index in [1.54, 1.807) is 54.3 Å². The fraction of sp³-hybridized carbons (Fsp3) is 0.156. The molecule has 0 saturated heterocycles. The van der Waals surface area contributed by atoms with Crippen LogP contribution in [0.1, 0.15) is 22.1 Å². The van der Waals surface area contributed by atoms with E-state index in [1.807, 2.05) is 42.5 Å². The minimum Gasteiger partial charge on any atom is -0.497 e. The molecule has 212 valence electrons. The van der Waals surface area contributed by atoms with E-state index in [9.17, 15) is 9.59 Å². The van der Waals surface area contributed by atoms with Gasteiger partial charge in [0.15, 0.2) is 0 Å². The average molecular weight is 583 g/mol. The zero-order valence-corrected chi connectivity index (χ0v) is 23.5. The number of nitrogens with zero attached hydrogens (tertiary/aromatic N) is 3. The lowest BCUT2D eigenvalue weighted by Gasteiger charge is -2.23. The van der Waals surface area contributed by atoms with Gasteiger partial charge in [-0.05, 0) is 42.5 Å². The predicted octanol–water partition coefficient (Wildman–Crippen LogP) is 5.77. The van der Waals surface area contributed by atoms with Crippen molar-refractivity contribution in [2.45, 2.75) is 11.8 Å². The van der Waals surface area contributed by atoms with Crippen molar-refractivity contribution in [3.05, 3.63) is 120 Å². The highest BCUT2D eigenvalue weighted by molar-refractivity contribution is 8.00. The van der Waals surface area contributed by atoms with Gasteiger partial charge < -0.3 is 14.5 Å². The summed E-state index contributed by atoms with van der Waals surface area (Å²) in [5.74, 6) is 0.660. The molecule has 5 aromatic rings. The lowest BCUT2D eigenvalue weighted by molar-refractivity contribution is -0.123. The third kappa shape index (κ3) is 5.40. The summed E-state index contributed by atoms with van der Waals surface area (Å²) in [6, 6.07) is 26.9. The number of benzene rings is 3. The maximum atomic E-state index is 15.4. The summed E-state index contributed by atoms with van der Waals surface area (Å²) in [6.45, 7) is -0.0759. The van der Waals surface area contributed by atoms with Gasteiger partial charge in [-0.3, -0.25) is 14.5 Å². The zero-order chi connectivity index (χ0) is 29.1. The highest BCUT2D eigenvalue weighted by atomic mass is 32.2. The van der Waals surface area contributed by atoms with Crippen LogP contribution in [0.15, 0.2) is 102 Å². The van der Waals surface area contributed by atoms with E-state index >= 15 is 4.39 Å². The van der Waals surface area contributed by atoms with Gasteiger partial charge in [-0.2, -0.15) is 5.10 Å². The predicted molar refractivity (Wildman–Crippen MR) is 159 cm³/mol. The van der Waals surface area contributed by atoms with Crippen molar-refractivity contribution < 1.29 is 23.1 Å². The Balaban J connectivity index is 1.54. The van der Waals surface area contributed by atoms with Crippen LogP contribution in [0.3, 0.4) is 0 Å². The van der Waals surface area contributed by atoms with Crippen molar-refractivity contribution in [3.63, 3.8) is 0 Å². The standard InChI is InChI=1S/C32H27FN4O4S/c1-40-23-15-13-22(14-16-23)37-32-29(30(35-37)21-8-3-2-4-9-21)31(25-11-5-6-12-26(25)33)42-20-28(39)36(32)19-27(38)34-18-24-10-7-17-41-24/h2-17,31H,18-20H2,1H3,(H,34,38)/t31-/m0/s1. The molecule has 1 N–H and O–H groups in total. The second-order valence-electron chi connectivity index (χ2n) is 9.61. The molecule has 1 aliphatic rings. The van der Waals surface area contributed by atoms with Crippen molar-refractivity contribution in [2.75, 3.05) is 24.3 Å². The number of hydrogen-bond acceptors (Lipinski definition) is 6. The number of carbonyl (C=O) groups is 2. The first-order valence-corrected chi connectivity index (χ1v) is 14.4. The third-order valence-electron chi connectivity index (χ3n) is 6.98. The van der Waals surface area contributed by atoms with E-state index in [2.05, 4.69) is 5.32 Å². The molecule has 0 bridgehead atoms. The molecule has 0 spiro atoms. The number of ether oxygens (including phenoxy) is 1. The maximum absolute atomic E-state index is 15.4. The Kier molecular flexibility index (Phi) is 7.78. The molecule has 6 rings (SSSR count). The molecule has 3 aromatic carbocycles. The number of anilines is 1. The van der Waals surface area contributed by atoms with E-state index in [-0.39, 0.29) is 36.5 Å². The highest BCUT2D eigenvalue weighted by Gasteiger charge is 2.38. The molecule has 2 aromatic heterocycles. The van der Waals surface area contributed by atoms with E-state index in [0.717, 1.165) is 5.56 Å². The summed E-state index contributed by atoms with van der Waals surface area (Å²) in [7, 11) is 1.58. The Labute approximate surface area is 246 Å². The monoisotopic (exact) mass is 582 g/mol. The number of thioether (sulfide) groups is 1. The Bertz CT molecular complexity index is 1700. The van der Waals surface area contributed by atoms with Crippen LogP contribution in [-0.2, 0) is 16.1 Å². The summed E-state index contributed by atoms with van der Waals surface area (Å²) < 4.78 is 27.7. The van der Waals surface area contributed by atoms with E-state index in [0.29, 0.717) is 39.8 Å². The molecular weight excluding hydrogens is 555 g/mol. The van der Waals surface area contributed by atoms with Crippen LogP contribution in [0.2, 0.25) is 0 Å². The third-order valence-corrected chi connectivity index (χ3v) is 8.22. The minimum absolute atomic E-state index is 0.0377. The molecule has 0 fully saturated rings. The second kappa shape index (κ2) is 12.0. The van der Waals surface area contributed by atoms with Gasteiger partial charge in [0.1, 0.15) is 29.7 Å². The molecule has 1 aliphatic heterocycles. The van der Waals surface area contributed by atoms with Crippen molar-refractivity contribution in [2.24, 2.45) is 0 Å². The lowest BCUT2D eigenvalue weighted by Crippen LogP contribution is -2.42. The zero-order valence-electron chi connectivity index (χ0n) is 22.7. The van der Waals surface area contributed by atoms with Crippen LogP contribution in [-0.4, -0.2) is 41.0 Å². The summed E-state index contributed by atoms with van der Waals surface area (Å²) in [6.07, 6.45) is 1.53. The van der Waals surface area contributed by atoms with Crippen molar-refractivity contribution in [3.8, 4) is 22.7 Å². The molecule has 1 atom stereocenters. The van der Waals surface area contributed by atoms with Gasteiger partial charge in [-0.15, -0.1) is 11.8 Å². The largest absolute Gasteiger partial charge is 0.497 e. The fourth-order valence-electron chi connectivity index (χ4n) is 4.96. The second-order valence-corrected chi connectivity index (χ2v) is 10.7. The van der Waals surface area contributed by atoms with Crippen molar-refractivity contribution >= 4 is 29.4 Å². The van der Waals surface area contributed by atoms with E-state index in [1.165, 1.54) is 29.0 Å². The Hall–Kier alpha value is -4.83. The Morgan fingerprint density at radius 2 is 1.81 bits per heavy atom. The number of fused-ring (bicyclic) bond motifs is 1. The van der Waals surface area contributed by atoms with Gasteiger partial charge in [0.2, 0.25) is 11.8 Å². The van der Waals surface area contributed by atoms with Crippen LogP contribution in [0.4, 0.5) is 10.2 Å². The van der Waals surface area contributed by atoms with Gasteiger partial charge in [-0.1, -0.05) is 48.5 Å². The molecule has 10 heteroatoms. The first-order valence-electron chi connectivity index (χ1n) is 13.3. The molecule has 8 nitrogen and oxygen atoms in total. The van der Waals surface area contributed by atoms with Crippen LogP contribution in [0.5, 0.6) is 5.75 Å². The van der Waals surface area contributed by atoms with Crippen molar-refractivity contribution in [1.82, 2.24) is 15.1 Å². The summed E-state index contributed by atoms with van der Waals surface area (Å²) in [5.41, 5.74) is 3.14. The molecule has 3 heterocycles. The number of hydrogen-bond donors (Lipinski definition) is 1. The van der Waals surface area contributed by atoms with Crippen LogP contribution in [0, 0.1) is 5.82 Å². The number of amides is 2. The first kappa shape index (κ1) is 27.3. The van der Waals surface area contributed by atoms with Crippen molar-refractivity contribution in [1.29, 1.82) is 0 Å². The summed E-state index contributed by atoms with van der Waals surface area (Å²) >= 11 is 1.32. The summed E-state index contributed by atoms with van der Waals surface area (Å²) in [4.78, 5) is 28.5. The fourth-order valence-corrected chi connectivity index (χ4v) is 6.18. The van der Waals surface area contributed by atoms with E-state index in [4.69, 9.17) is 14.3 Å². The highest BCUT2D eigenvalue weighted by Crippen LogP contribution is 2.49. The number of methoxy groups -OCH3 is 1. The van der Waals surface area contributed by atoms with E-state index < -0.39 is 5.25 Å². The molecule has 2 amide bonds. The quantitative estimate of drug-likeness (QED) is 0.250.